The van der Waals surface area contributed by atoms with Crippen LogP contribution in [0.1, 0.15) is 24.3 Å². The molecule has 4 nitrogen and oxygen atoms in total. The van der Waals surface area contributed by atoms with Crippen molar-refractivity contribution >= 4 is 40.4 Å². The van der Waals surface area contributed by atoms with E-state index in [0.29, 0.717) is 5.89 Å². The third-order valence-corrected chi connectivity index (χ3v) is 3.60. The van der Waals surface area contributed by atoms with Gasteiger partial charge in [0.15, 0.2) is 0 Å². The van der Waals surface area contributed by atoms with Gasteiger partial charge in [0.05, 0.1) is 0 Å². The Kier molecular flexibility index (Phi) is 3.86. The van der Waals surface area contributed by atoms with Crippen LogP contribution < -0.4 is 4.74 Å². The first kappa shape index (κ1) is 14.7. The van der Waals surface area contributed by atoms with E-state index >= 15 is 0 Å². The minimum Gasteiger partial charge on any atom is -0.486 e. The minimum atomic E-state index is -1.72. The number of hydrogen-bond donors (Lipinski definition) is 0. The van der Waals surface area contributed by atoms with Crippen molar-refractivity contribution in [3.05, 3.63) is 47.7 Å². The van der Waals surface area contributed by atoms with Gasteiger partial charge in [-0.05, 0) is 24.6 Å². The van der Waals surface area contributed by atoms with E-state index in [1.807, 2.05) is 37.3 Å². The Labute approximate surface area is 136 Å². The molecule has 0 fully saturated rings. The molecule has 1 aromatic heterocycles. The Hall–Kier alpha value is -1.23. The van der Waals surface area contributed by atoms with Gasteiger partial charge in [-0.25, -0.2) is 0 Å². The summed E-state index contributed by atoms with van der Waals surface area (Å²) in [7, 11) is 0. The molecule has 1 aliphatic heterocycles. The fourth-order valence-electron chi connectivity index (χ4n) is 2.15. The number of alkyl halides is 3. The van der Waals surface area contributed by atoms with Crippen molar-refractivity contribution in [2.24, 2.45) is 0 Å². The SMILES string of the molecule is C/C(=C/C1Cc2ccccc2O1)c1nnc(C(Cl)(Cl)Cl)o1. The lowest BCUT2D eigenvalue weighted by Crippen LogP contribution is -2.09. The molecular formula is C14H11Cl3N2O2. The largest absolute Gasteiger partial charge is 0.486 e. The Morgan fingerprint density at radius 1 is 1.29 bits per heavy atom. The van der Waals surface area contributed by atoms with Gasteiger partial charge >= 0.3 is 0 Å². The zero-order chi connectivity index (χ0) is 15.0. The second-order valence-electron chi connectivity index (χ2n) is 4.73. The Morgan fingerprint density at radius 3 is 2.71 bits per heavy atom. The van der Waals surface area contributed by atoms with Crippen molar-refractivity contribution in [1.29, 1.82) is 0 Å². The summed E-state index contributed by atoms with van der Waals surface area (Å²) in [5.74, 6) is 1.17. The first-order chi connectivity index (χ1) is 9.93. The molecule has 1 unspecified atom stereocenters. The zero-order valence-electron chi connectivity index (χ0n) is 11.0. The summed E-state index contributed by atoms with van der Waals surface area (Å²) >= 11 is 17.1. The summed E-state index contributed by atoms with van der Waals surface area (Å²) in [6, 6.07) is 7.94. The van der Waals surface area contributed by atoms with E-state index in [2.05, 4.69) is 10.2 Å². The van der Waals surface area contributed by atoms with Crippen LogP contribution in [0.25, 0.3) is 5.57 Å². The monoisotopic (exact) mass is 344 g/mol. The average Bonchev–Trinajstić information content (AvgIpc) is 3.04. The molecule has 3 rings (SSSR count). The van der Waals surface area contributed by atoms with Crippen molar-refractivity contribution in [3.8, 4) is 5.75 Å². The van der Waals surface area contributed by atoms with E-state index in [4.69, 9.17) is 44.0 Å². The fraction of sp³-hybridized carbons (Fsp3) is 0.286. The lowest BCUT2D eigenvalue weighted by molar-refractivity contribution is 0.283. The van der Waals surface area contributed by atoms with Crippen molar-refractivity contribution in [1.82, 2.24) is 10.2 Å². The van der Waals surface area contributed by atoms with Crippen LogP contribution in [0.15, 0.2) is 34.8 Å². The highest BCUT2D eigenvalue weighted by Crippen LogP contribution is 2.37. The van der Waals surface area contributed by atoms with Crippen LogP contribution in [0.2, 0.25) is 0 Å². The maximum Gasteiger partial charge on any atom is 0.268 e. The molecule has 21 heavy (non-hydrogen) atoms. The Morgan fingerprint density at radius 2 is 2.05 bits per heavy atom. The second kappa shape index (κ2) is 5.52. The minimum absolute atomic E-state index is 0.0501. The van der Waals surface area contributed by atoms with Gasteiger partial charge < -0.3 is 9.15 Å². The molecule has 0 N–H and O–H groups in total. The van der Waals surface area contributed by atoms with Gasteiger partial charge in [0.25, 0.3) is 9.68 Å². The summed E-state index contributed by atoms with van der Waals surface area (Å²) < 4.78 is 9.47. The molecule has 2 aromatic rings. The quantitative estimate of drug-likeness (QED) is 0.761. The molecular weight excluding hydrogens is 335 g/mol. The van der Waals surface area contributed by atoms with Gasteiger partial charge in [-0.1, -0.05) is 53.0 Å². The number of rotatable bonds is 2. The molecule has 0 saturated heterocycles. The molecule has 0 aliphatic carbocycles. The number of benzene rings is 1. The van der Waals surface area contributed by atoms with Crippen LogP contribution in [0.4, 0.5) is 0 Å². The highest BCUT2D eigenvalue weighted by molar-refractivity contribution is 6.66. The standard InChI is InChI=1S/C14H11Cl3N2O2/c1-8(12-18-19-13(21-12)14(15,16)17)6-10-7-9-4-2-3-5-11(9)20-10/h2-6,10H,7H2,1H3/b8-6-. The average molecular weight is 346 g/mol. The third kappa shape index (κ3) is 3.18. The van der Waals surface area contributed by atoms with E-state index in [-0.39, 0.29) is 12.0 Å². The number of hydrogen-bond acceptors (Lipinski definition) is 4. The normalized spacial score (nSPS) is 18.5. The van der Waals surface area contributed by atoms with Gasteiger partial charge in [0, 0.05) is 12.0 Å². The second-order valence-corrected chi connectivity index (χ2v) is 7.01. The van der Waals surface area contributed by atoms with Gasteiger partial charge in [0.1, 0.15) is 11.9 Å². The molecule has 0 radical (unpaired) electrons. The summed E-state index contributed by atoms with van der Waals surface area (Å²) in [6.07, 6.45) is 2.67. The van der Waals surface area contributed by atoms with Crippen LogP contribution in [-0.4, -0.2) is 16.3 Å². The highest BCUT2D eigenvalue weighted by atomic mass is 35.6. The summed E-state index contributed by atoms with van der Waals surface area (Å²) in [5, 5.41) is 7.61. The third-order valence-electron chi connectivity index (χ3n) is 3.11. The first-order valence-corrected chi connectivity index (χ1v) is 7.41. The van der Waals surface area contributed by atoms with E-state index in [1.165, 1.54) is 5.56 Å². The Bertz CT molecular complexity index is 667. The highest BCUT2D eigenvalue weighted by Gasteiger charge is 2.30. The van der Waals surface area contributed by atoms with Crippen molar-refractivity contribution in [2.75, 3.05) is 0 Å². The number of aromatic nitrogens is 2. The van der Waals surface area contributed by atoms with Crippen LogP contribution in [0, 0.1) is 0 Å². The molecule has 110 valence electrons. The van der Waals surface area contributed by atoms with Crippen LogP contribution in [0.3, 0.4) is 0 Å². The van der Waals surface area contributed by atoms with E-state index < -0.39 is 3.79 Å². The summed E-state index contributed by atoms with van der Waals surface area (Å²) in [4.78, 5) is 0. The van der Waals surface area contributed by atoms with Crippen molar-refractivity contribution in [3.63, 3.8) is 0 Å². The zero-order valence-corrected chi connectivity index (χ0v) is 13.3. The van der Waals surface area contributed by atoms with E-state index in [0.717, 1.165) is 17.7 Å². The molecule has 0 amide bonds. The molecule has 1 aliphatic rings. The topological polar surface area (TPSA) is 48.2 Å². The van der Waals surface area contributed by atoms with Gasteiger partial charge in [-0.15, -0.1) is 10.2 Å². The molecule has 1 aromatic carbocycles. The number of ether oxygens (including phenoxy) is 1. The molecule has 0 bridgehead atoms. The predicted molar refractivity (Wildman–Crippen MR) is 81.7 cm³/mol. The summed E-state index contributed by atoms with van der Waals surface area (Å²) in [5.41, 5.74) is 1.96. The smallest absolute Gasteiger partial charge is 0.268 e. The van der Waals surface area contributed by atoms with E-state index in [9.17, 15) is 0 Å². The van der Waals surface area contributed by atoms with Crippen LogP contribution >= 0.6 is 34.8 Å². The summed E-state index contributed by atoms with van der Waals surface area (Å²) in [6.45, 7) is 1.85. The molecule has 0 spiro atoms. The van der Waals surface area contributed by atoms with Crippen molar-refractivity contribution in [2.45, 2.75) is 23.2 Å². The van der Waals surface area contributed by atoms with E-state index in [1.54, 1.807) is 0 Å². The first-order valence-electron chi connectivity index (χ1n) is 6.27. The molecule has 2 heterocycles. The van der Waals surface area contributed by atoms with Crippen LogP contribution in [-0.2, 0) is 10.2 Å². The predicted octanol–water partition coefficient (Wildman–Crippen LogP) is 4.30. The lowest BCUT2D eigenvalue weighted by atomic mass is 10.1. The number of para-hydroxylation sites is 1. The lowest BCUT2D eigenvalue weighted by Gasteiger charge is -2.06. The number of nitrogens with zero attached hydrogens (tertiary/aromatic N) is 2. The maximum absolute atomic E-state index is 5.83. The molecule has 0 saturated carbocycles. The number of allylic oxidation sites excluding steroid dienone is 1. The van der Waals surface area contributed by atoms with Gasteiger partial charge in [-0.3, -0.25) is 0 Å². The van der Waals surface area contributed by atoms with Crippen LogP contribution in [0.5, 0.6) is 5.75 Å². The Balaban J connectivity index is 1.77. The molecule has 7 heteroatoms. The van der Waals surface area contributed by atoms with Gasteiger partial charge in [0.2, 0.25) is 5.89 Å². The molecule has 1 atom stereocenters. The number of halogens is 3. The number of fused-ring (bicyclic) bond motifs is 1. The maximum atomic E-state index is 5.83. The fourth-order valence-corrected chi connectivity index (χ4v) is 2.38. The van der Waals surface area contributed by atoms with Gasteiger partial charge in [-0.2, -0.15) is 0 Å². The van der Waals surface area contributed by atoms with Crippen molar-refractivity contribution < 1.29 is 9.15 Å².